The maximum Gasteiger partial charge on any atom is 0.0677 e. The number of hydrogen-bond acceptors (Lipinski definition) is 3. The van der Waals surface area contributed by atoms with Gasteiger partial charge >= 0.3 is 0 Å². The summed E-state index contributed by atoms with van der Waals surface area (Å²) in [4.78, 5) is 2.86. The van der Waals surface area contributed by atoms with Crippen LogP contribution in [-0.4, -0.2) is 40.7 Å². The molecule has 1 spiro atoms. The van der Waals surface area contributed by atoms with Crippen molar-refractivity contribution in [1.82, 2.24) is 10.2 Å². The van der Waals surface area contributed by atoms with E-state index < -0.39 is 0 Å². The van der Waals surface area contributed by atoms with Crippen LogP contribution in [0.25, 0.3) is 0 Å². The minimum absolute atomic E-state index is 0.334. The molecule has 2 aliphatic heterocycles. The van der Waals surface area contributed by atoms with Crippen LogP contribution >= 0.6 is 11.8 Å². The van der Waals surface area contributed by atoms with Gasteiger partial charge < -0.3 is 4.90 Å². The standard InChI is InChI=1S/C11H22N2S/c1-9-7-11(5-6-13(9)4)12-10(2,3)8-14-11/h9,12H,5-8H2,1-4H3. The molecule has 0 radical (unpaired) electrons. The second-order valence-electron chi connectivity index (χ2n) is 5.58. The molecule has 3 heteroatoms. The third-order valence-electron chi connectivity index (χ3n) is 3.52. The molecule has 2 saturated heterocycles. The number of likely N-dealkylation sites (tertiary alicyclic amines) is 1. The van der Waals surface area contributed by atoms with Gasteiger partial charge in [0.2, 0.25) is 0 Å². The van der Waals surface area contributed by atoms with Crippen molar-refractivity contribution in [3.8, 4) is 0 Å². The molecule has 0 saturated carbocycles. The van der Waals surface area contributed by atoms with E-state index in [1.807, 2.05) is 0 Å². The Morgan fingerprint density at radius 2 is 2.14 bits per heavy atom. The van der Waals surface area contributed by atoms with Gasteiger partial charge in [0.15, 0.2) is 0 Å². The van der Waals surface area contributed by atoms with Gasteiger partial charge in [0.1, 0.15) is 0 Å². The van der Waals surface area contributed by atoms with Crippen molar-refractivity contribution in [2.45, 2.75) is 50.1 Å². The van der Waals surface area contributed by atoms with Crippen LogP contribution < -0.4 is 5.32 Å². The van der Waals surface area contributed by atoms with Crippen molar-refractivity contribution in [3.63, 3.8) is 0 Å². The zero-order chi connectivity index (χ0) is 10.4. The molecule has 2 unspecified atom stereocenters. The molecule has 0 aromatic carbocycles. The molecule has 14 heavy (non-hydrogen) atoms. The second-order valence-corrected chi connectivity index (χ2v) is 6.93. The van der Waals surface area contributed by atoms with Crippen LogP contribution in [0.1, 0.15) is 33.6 Å². The van der Waals surface area contributed by atoms with E-state index in [1.54, 1.807) is 0 Å². The van der Waals surface area contributed by atoms with Crippen LogP contribution in [0.4, 0.5) is 0 Å². The fraction of sp³-hybridized carbons (Fsp3) is 1.00. The normalized spacial score (nSPS) is 43.3. The molecule has 2 atom stereocenters. The summed E-state index contributed by atoms with van der Waals surface area (Å²) >= 11 is 2.14. The zero-order valence-corrected chi connectivity index (χ0v) is 10.6. The molecule has 0 aromatic heterocycles. The predicted molar refractivity (Wildman–Crippen MR) is 63.7 cm³/mol. The SMILES string of the molecule is CC1CC2(CCN1C)NC(C)(C)CS2. The fourth-order valence-electron chi connectivity index (χ4n) is 2.56. The van der Waals surface area contributed by atoms with Crippen LogP contribution in [0.5, 0.6) is 0 Å². The van der Waals surface area contributed by atoms with Crippen LogP contribution in [-0.2, 0) is 0 Å². The lowest BCUT2D eigenvalue weighted by atomic mass is 9.95. The van der Waals surface area contributed by atoms with E-state index in [1.165, 1.54) is 25.1 Å². The summed E-state index contributed by atoms with van der Waals surface area (Å²) in [5, 5.41) is 3.83. The first-order valence-electron chi connectivity index (χ1n) is 5.56. The molecule has 2 aliphatic rings. The molecule has 2 heterocycles. The molecule has 0 aromatic rings. The number of rotatable bonds is 0. The maximum atomic E-state index is 3.83. The van der Waals surface area contributed by atoms with Gasteiger partial charge in [-0.3, -0.25) is 5.32 Å². The smallest absolute Gasteiger partial charge is 0.0677 e. The summed E-state index contributed by atoms with van der Waals surface area (Å²) in [6.45, 7) is 8.21. The number of piperidine rings is 1. The molecule has 0 bridgehead atoms. The van der Waals surface area contributed by atoms with E-state index >= 15 is 0 Å². The highest BCUT2D eigenvalue weighted by Gasteiger charge is 2.46. The first-order chi connectivity index (χ1) is 6.43. The molecule has 82 valence electrons. The van der Waals surface area contributed by atoms with Crippen LogP contribution in [0.2, 0.25) is 0 Å². The summed E-state index contributed by atoms with van der Waals surface area (Å²) in [5.41, 5.74) is 0.334. The average Bonchev–Trinajstić information content (AvgIpc) is 2.36. The van der Waals surface area contributed by atoms with E-state index in [2.05, 4.69) is 49.8 Å². The summed E-state index contributed by atoms with van der Waals surface area (Å²) < 4.78 is 0. The second kappa shape index (κ2) is 3.39. The molecule has 2 fully saturated rings. The average molecular weight is 214 g/mol. The predicted octanol–water partition coefficient (Wildman–Crippen LogP) is 1.91. The van der Waals surface area contributed by atoms with Crippen LogP contribution in [0.15, 0.2) is 0 Å². The Bertz CT molecular complexity index is 229. The molecular weight excluding hydrogens is 192 g/mol. The lowest BCUT2D eigenvalue weighted by Gasteiger charge is -2.42. The van der Waals surface area contributed by atoms with Gasteiger partial charge in [0, 0.05) is 23.9 Å². The Morgan fingerprint density at radius 3 is 2.64 bits per heavy atom. The van der Waals surface area contributed by atoms with Crippen molar-refractivity contribution in [3.05, 3.63) is 0 Å². The molecule has 2 rings (SSSR count). The number of thioether (sulfide) groups is 1. The zero-order valence-electron chi connectivity index (χ0n) is 9.76. The first kappa shape index (κ1) is 10.8. The van der Waals surface area contributed by atoms with Gasteiger partial charge in [-0.2, -0.15) is 0 Å². The summed E-state index contributed by atoms with van der Waals surface area (Å²) in [6.07, 6.45) is 2.58. The number of nitrogens with one attached hydrogen (secondary N) is 1. The molecule has 0 amide bonds. The van der Waals surface area contributed by atoms with Gasteiger partial charge in [-0.05, 0) is 40.7 Å². The lowest BCUT2D eigenvalue weighted by molar-refractivity contribution is 0.146. The van der Waals surface area contributed by atoms with Crippen molar-refractivity contribution < 1.29 is 0 Å². The highest BCUT2D eigenvalue weighted by Crippen LogP contribution is 2.43. The Morgan fingerprint density at radius 1 is 1.43 bits per heavy atom. The van der Waals surface area contributed by atoms with Gasteiger partial charge in [-0.1, -0.05) is 0 Å². The first-order valence-corrected chi connectivity index (χ1v) is 6.55. The van der Waals surface area contributed by atoms with E-state index in [0.29, 0.717) is 10.4 Å². The minimum atomic E-state index is 0.334. The molecular formula is C11H22N2S. The maximum absolute atomic E-state index is 3.83. The highest BCUT2D eigenvalue weighted by molar-refractivity contribution is 8.01. The summed E-state index contributed by atoms with van der Waals surface area (Å²) in [6, 6.07) is 0.720. The van der Waals surface area contributed by atoms with Crippen molar-refractivity contribution in [2.75, 3.05) is 19.3 Å². The molecule has 1 N–H and O–H groups in total. The highest BCUT2D eigenvalue weighted by atomic mass is 32.2. The van der Waals surface area contributed by atoms with Crippen LogP contribution in [0, 0.1) is 0 Å². The molecule has 2 nitrogen and oxygen atoms in total. The van der Waals surface area contributed by atoms with Crippen molar-refractivity contribution >= 4 is 11.8 Å². The Balaban J connectivity index is 2.05. The van der Waals surface area contributed by atoms with E-state index in [9.17, 15) is 0 Å². The Labute approximate surface area is 91.8 Å². The topological polar surface area (TPSA) is 15.3 Å². The summed E-state index contributed by atoms with van der Waals surface area (Å²) in [7, 11) is 2.24. The number of hydrogen-bond donors (Lipinski definition) is 1. The molecule has 0 aliphatic carbocycles. The quantitative estimate of drug-likeness (QED) is 0.663. The van der Waals surface area contributed by atoms with Crippen molar-refractivity contribution in [2.24, 2.45) is 0 Å². The third kappa shape index (κ3) is 1.95. The van der Waals surface area contributed by atoms with Crippen molar-refractivity contribution in [1.29, 1.82) is 0 Å². The third-order valence-corrected chi connectivity index (χ3v) is 5.41. The minimum Gasteiger partial charge on any atom is -0.303 e. The Kier molecular flexibility index (Phi) is 2.61. The van der Waals surface area contributed by atoms with E-state index in [-0.39, 0.29) is 0 Å². The van der Waals surface area contributed by atoms with Gasteiger partial charge in [0.25, 0.3) is 0 Å². The number of nitrogens with zero attached hydrogens (tertiary/aromatic N) is 1. The van der Waals surface area contributed by atoms with E-state index in [0.717, 1.165) is 6.04 Å². The van der Waals surface area contributed by atoms with Gasteiger partial charge in [-0.15, -0.1) is 11.8 Å². The van der Waals surface area contributed by atoms with Crippen LogP contribution in [0.3, 0.4) is 0 Å². The Hall–Kier alpha value is 0.270. The lowest BCUT2D eigenvalue weighted by Crippen LogP contribution is -2.55. The summed E-state index contributed by atoms with van der Waals surface area (Å²) in [5.74, 6) is 1.25. The van der Waals surface area contributed by atoms with Gasteiger partial charge in [-0.25, -0.2) is 0 Å². The monoisotopic (exact) mass is 214 g/mol. The van der Waals surface area contributed by atoms with Gasteiger partial charge in [0.05, 0.1) is 4.87 Å². The largest absolute Gasteiger partial charge is 0.303 e. The fourth-order valence-corrected chi connectivity index (χ4v) is 4.22. The van der Waals surface area contributed by atoms with E-state index in [4.69, 9.17) is 0 Å².